The van der Waals surface area contributed by atoms with Crippen molar-refractivity contribution in [3.63, 3.8) is 0 Å². The van der Waals surface area contributed by atoms with Crippen LogP contribution in [0.15, 0.2) is 78.9 Å². The number of carbonyl (C=O) groups excluding carboxylic acids is 1. The molecule has 0 unspecified atom stereocenters. The maximum Gasteiger partial charge on any atom is 0.408 e. The Balaban J connectivity index is 1.81. The lowest BCUT2D eigenvalue weighted by Crippen LogP contribution is -2.49. The second kappa shape index (κ2) is 11.3. The van der Waals surface area contributed by atoms with Crippen LogP contribution in [0.3, 0.4) is 0 Å². The van der Waals surface area contributed by atoms with Gasteiger partial charge in [0.05, 0.1) is 11.0 Å². The van der Waals surface area contributed by atoms with Crippen LogP contribution in [0.1, 0.15) is 40.2 Å². The molecule has 0 aliphatic heterocycles. The van der Waals surface area contributed by atoms with Crippen LogP contribution in [0, 0.1) is 5.92 Å². The van der Waals surface area contributed by atoms with Gasteiger partial charge in [-0.25, -0.2) is 4.79 Å². The van der Waals surface area contributed by atoms with Crippen LogP contribution in [0.2, 0.25) is 0 Å². The summed E-state index contributed by atoms with van der Waals surface area (Å²) in [7, 11) is 0. The fourth-order valence-electron chi connectivity index (χ4n) is 3.66. The molecule has 0 spiro atoms. The molecule has 0 heterocycles. The van der Waals surface area contributed by atoms with E-state index in [0.717, 1.165) is 27.8 Å². The Morgan fingerprint density at radius 2 is 1.35 bits per heavy atom. The zero-order valence-electron chi connectivity index (χ0n) is 20.6. The Morgan fingerprint density at radius 1 is 0.853 bits per heavy atom. The topological polar surface area (TPSA) is 50.4 Å². The smallest absolute Gasteiger partial charge is 0.408 e. The van der Waals surface area contributed by atoms with Crippen LogP contribution in [0.5, 0.6) is 0 Å². The number of hydrogen-bond donors (Lipinski definition) is 2. The standard InChI is InChI=1S/C29H34N2O2S/c1-20(2)26(31-28(32)33-29(3,4)5)27(34)30-19-21-16-24(22-12-8-6-9-13-22)18-25(17-21)23-14-10-7-11-15-23/h6-18,20,26H,19H2,1-5H3,(H,30,34)(H,31,32)/t26-/m0/s1. The molecule has 3 aromatic carbocycles. The van der Waals surface area contributed by atoms with Gasteiger partial charge in [-0.1, -0.05) is 86.7 Å². The molecule has 1 amide bonds. The first-order valence-corrected chi connectivity index (χ1v) is 12.1. The van der Waals surface area contributed by atoms with E-state index in [4.69, 9.17) is 17.0 Å². The van der Waals surface area contributed by atoms with Crippen LogP contribution in [-0.2, 0) is 11.3 Å². The molecule has 4 nitrogen and oxygen atoms in total. The van der Waals surface area contributed by atoms with E-state index in [-0.39, 0.29) is 12.0 Å². The highest BCUT2D eigenvalue weighted by molar-refractivity contribution is 7.80. The van der Waals surface area contributed by atoms with Crippen molar-refractivity contribution in [2.75, 3.05) is 0 Å². The third kappa shape index (κ3) is 7.42. The number of rotatable bonds is 7. The van der Waals surface area contributed by atoms with Crippen LogP contribution in [0.25, 0.3) is 22.3 Å². The highest BCUT2D eigenvalue weighted by Gasteiger charge is 2.24. The second-order valence-electron chi connectivity index (χ2n) is 9.74. The largest absolute Gasteiger partial charge is 0.444 e. The fraction of sp³-hybridized carbons (Fsp3) is 0.310. The van der Waals surface area contributed by atoms with E-state index in [0.29, 0.717) is 11.5 Å². The van der Waals surface area contributed by atoms with Gasteiger partial charge >= 0.3 is 6.09 Å². The lowest BCUT2D eigenvalue weighted by Gasteiger charge is -2.27. The summed E-state index contributed by atoms with van der Waals surface area (Å²) in [5.74, 6) is 0.114. The molecule has 3 aromatic rings. The summed E-state index contributed by atoms with van der Waals surface area (Å²) in [6.07, 6.45) is -0.465. The molecular weight excluding hydrogens is 440 g/mol. The first-order chi connectivity index (χ1) is 16.1. The number of nitrogens with one attached hydrogen (secondary N) is 2. The van der Waals surface area contributed by atoms with Gasteiger partial charge in [0.2, 0.25) is 0 Å². The molecule has 5 heteroatoms. The van der Waals surface area contributed by atoms with Gasteiger partial charge in [0.15, 0.2) is 0 Å². The monoisotopic (exact) mass is 474 g/mol. The van der Waals surface area contributed by atoms with E-state index in [9.17, 15) is 4.79 Å². The van der Waals surface area contributed by atoms with Crippen molar-refractivity contribution in [2.24, 2.45) is 5.92 Å². The maximum absolute atomic E-state index is 12.3. The molecular formula is C29H34N2O2S. The lowest BCUT2D eigenvalue weighted by molar-refractivity contribution is 0.0508. The average Bonchev–Trinajstić information content (AvgIpc) is 2.80. The Labute approximate surface area is 208 Å². The van der Waals surface area contributed by atoms with Crippen molar-refractivity contribution >= 4 is 23.3 Å². The van der Waals surface area contributed by atoms with E-state index in [2.05, 4.69) is 53.1 Å². The molecule has 0 aliphatic rings. The van der Waals surface area contributed by atoms with Crippen molar-refractivity contribution in [3.05, 3.63) is 84.4 Å². The summed E-state index contributed by atoms with van der Waals surface area (Å²) in [6, 6.07) is 27.0. The molecule has 0 radical (unpaired) electrons. The Kier molecular flexibility index (Phi) is 8.46. The number of amides is 1. The second-order valence-corrected chi connectivity index (χ2v) is 10.2. The van der Waals surface area contributed by atoms with Gasteiger partial charge in [0.1, 0.15) is 5.60 Å². The summed E-state index contributed by atoms with van der Waals surface area (Å²) in [5.41, 5.74) is 5.18. The lowest BCUT2D eigenvalue weighted by atomic mass is 9.96. The quantitative estimate of drug-likeness (QED) is 0.363. The van der Waals surface area contributed by atoms with Crippen molar-refractivity contribution < 1.29 is 9.53 Å². The molecule has 1 atom stereocenters. The van der Waals surface area contributed by atoms with Gasteiger partial charge in [-0.2, -0.15) is 0 Å². The number of ether oxygens (including phenoxy) is 1. The van der Waals surface area contributed by atoms with Gasteiger partial charge in [-0.15, -0.1) is 0 Å². The minimum Gasteiger partial charge on any atom is -0.444 e. The van der Waals surface area contributed by atoms with Crippen LogP contribution >= 0.6 is 12.2 Å². The van der Waals surface area contributed by atoms with Crippen molar-refractivity contribution in [1.29, 1.82) is 0 Å². The summed E-state index contributed by atoms with van der Waals surface area (Å²) < 4.78 is 5.42. The number of benzene rings is 3. The summed E-state index contributed by atoms with van der Waals surface area (Å²) in [6.45, 7) is 10.1. The van der Waals surface area contributed by atoms with Crippen molar-refractivity contribution in [2.45, 2.75) is 52.8 Å². The zero-order chi connectivity index (χ0) is 24.7. The minimum atomic E-state index is -0.563. The summed E-state index contributed by atoms with van der Waals surface area (Å²) >= 11 is 5.68. The van der Waals surface area contributed by atoms with E-state index in [1.54, 1.807) is 0 Å². The third-order valence-electron chi connectivity index (χ3n) is 5.30. The van der Waals surface area contributed by atoms with Gasteiger partial charge in [0, 0.05) is 6.54 Å². The Hall–Kier alpha value is -3.18. The first kappa shape index (κ1) is 25.4. The van der Waals surface area contributed by atoms with Crippen LogP contribution in [0.4, 0.5) is 4.79 Å². The summed E-state index contributed by atoms with van der Waals surface area (Å²) in [4.78, 5) is 12.9. The molecule has 0 aromatic heterocycles. The highest BCUT2D eigenvalue weighted by Crippen LogP contribution is 2.28. The Bertz CT molecular complexity index is 1050. The number of hydrogen-bond acceptors (Lipinski definition) is 3. The molecule has 2 N–H and O–H groups in total. The zero-order valence-corrected chi connectivity index (χ0v) is 21.4. The van der Waals surface area contributed by atoms with E-state index < -0.39 is 11.7 Å². The molecule has 34 heavy (non-hydrogen) atoms. The normalized spacial score (nSPS) is 12.2. The van der Waals surface area contributed by atoms with Crippen molar-refractivity contribution in [1.82, 2.24) is 10.6 Å². The van der Waals surface area contributed by atoms with Crippen LogP contribution < -0.4 is 10.6 Å². The minimum absolute atomic E-state index is 0.114. The molecule has 178 valence electrons. The molecule has 0 bridgehead atoms. The highest BCUT2D eigenvalue weighted by atomic mass is 32.1. The van der Waals surface area contributed by atoms with Crippen molar-refractivity contribution in [3.8, 4) is 22.3 Å². The molecule has 0 fully saturated rings. The van der Waals surface area contributed by atoms with E-state index in [1.165, 1.54) is 0 Å². The van der Waals surface area contributed by atoms with Gasteiger partial charge < -0.3 is 15.4 Å². The van der Waals surface area contributed by atoms with Gasteiger partial charge in [-0.05, 0) is 72.7 Å². The molecule has 0 saturated carbocycles. The summed E-state index contributed by atoms with van der Waals surface area (Å²) in [5, 5.41) is 6.29. The SMILES string of the molecule is CC(C)[C@H](NC(=O)OC(C)(C)C)C(=S)NCc1cc(-c2ccccc2)cc(-c2ccccc2)c1. The molecule has 3 rings (SSSR count). The van der Waals surface area contributed by atoms with E-state index in [1.807, 2.05) is 71.0 Å². The number of thiocarbonyl (C=S) groups is 1. The Morgan fingerprint density at radius 3 is 1.79 bits per heavy atom. The van der Waals surface area contributed by atoms with Gasteiger partial charge in [0.25, 0.3) is 0 Å². The predicted octanol–water partition coefficient (Wildman–Crippen LogP) is 6.99. The first-order valence-electron chi connectivity index (χ1n) is 11.6. The maximum atomic E-state index is 12.3. The average molecular weight is 475 g/mol. The van der Waals surface area contributed by atoms with Gasteiger partial charge in [-0.3, -0.25) is 0 Å². The third-order valence-corrected chi connectivity index (χ3v) is 5.69. The van der Waals surface area contributed by atoms with E-state index >= 15 is 0 Å². The van der Waals surface area contributed by atoms with Crippen LogP contribution in [-0.4, -0.2) is 22.7 Å². The molecule has 0 saturated heterocycles. The fourth-order valence-corrected chi connectivity index (χ4v) is 4.06. The number of carbonyl (C=O) groups is 1. The number of alkyl carbamates (subject to hydrolysis) is 1. The molecule has 0 aliphatic carbocycles. The predicted molar refractivity (Wildman–Crippen MR) is 145 cm³/mol.